The number of nitrogens with two attached hydrogens (primary N) is 1. The summed E-state index contributed by atoms with van der Waals surface area (Å²) >= 11 is 7.50. The predicted molar refractivity (Wildman–Crippen MR) is 80.8 cm³/mol. The molecule has 0 aliphatic rings. The van der Waals surface area contributed by atoms with Crippen molar-refractivity contribution in [3.05, 3.63) is 50.2 Å². The van der Waals surface area contributed by atoms with Crippen LogP contribution < -0.4 is 11.1 Å². The van der Waals surface area contributed by atoms with Crippen LogP contribution in [0.4, 0.5) is 5.69 Å². The number of carbonyl (C=O) groups is 1. The Balaban J connectivity index is 2.05. The Labute approximate surface area is 121 Å². The van der Waals surface area contributed by atoms with Crippen molar-refractivity contribution in [2.45, 2.75) is 20.4 Å². The van der Waals surface area contributed by atoms with Gasteiger partial charge in [-0.05, 0) is 43.7 Å². The maximum absolute atomic E-state index is 12.0. The average molecular weight is 295 g/mol. The Bertz CT molecular complexity index is 602. The zero-order valence-electron chi connectivity index (χ0n) is 10.8. The molecule has 0 radical (unpaired) electrons. The molecule has 3 N–H and O–H groups in total. The van der Waals surface area contributed by atoms with E-state index in [-0.39, 0.29) is 5.91 Å². The highest BCUT2D eigenvalue weighted by molar-refractivity contribution is 7.12. The number of benzene rings is 1. The summed E-state index contributed by atoms with van der Waals surface area (Å²) in [6.45, 7) is 4.65. The summed E-state index contributed by atoms with van der Waals surface area (Å²) in [6.07, 6.45) is 0. The molecule has 0 spiro atoms. The second-order valence-corrected chi connectivity index (χ2v) is 6.14. The molecular weight excluding hydrogens is 280 g/mol. The van der Waals surface area contributed by atoms with Crippen LogP contribution >= 0.6 is 22.9 Å². The summed E-state index contributed by atoms with van der Waals surface area (Å²) in [6, 6.07) is 6.96. The van der Waals surface area contributed by atoms with Gasteiger partial charge in [0.25, 0.3) is 5.91 Å². The number of hydrogen-bond acceptors (Lipinski definition) is 3. The molecule has 1 heterocycles. The summed E-state index contributed by atoms with van der Waals surface area (Å²) in [5, 5.41) is 3.39. The molecule has 0 atom stereocenters. The van der Waals surface area contributed by atoms with Crippen molar-refractivity contribution in [1.29, 1.82) is 0 Å². The molecular formula is C14H15ClN2OS. The van der Waals surface area contributed by atoms with Crippen molar-refractivity contribution in [2.75, 3.05) is 5.73 Å². The number of rotatable bonds is 3. The molecule has 0 unspecified atom stereocenters. The molecule has 1 aromatic carbocycles. The largest absolute Gasteiger partial charge is 0.398 e. The van der Waals surface area contributed by atoms with Gasteiger partial charge in [0, 0.05) is 20.5 Å². The molecule has 0 fully saturated rings. The third-order valence-corrected chi connectivity index (χ3v) is 4.29. The highest BCUT2D eigenvalue weighted by Crippen LogP contribution is 2.21. The molecule has 19 heavy (non-hydrogen) atoms. The number of carbonyl (C=O) groups excluding carboxylic acids is 1. The Morgan fingerprint density at radius 2 is 2.11 bits per heavy atom. The third-order valence-electron chi connectivity index (χ3n) is 2.90. The van der Waals surface area contributed by atoms with E-state index in [2.05, 4.69) is 25.2 Å². The first-order chi connectivity index (χ1) is 8.97. The lowest BCUT2D eigenvalue weighted by Crippen LogP contribution is -2.23. The minimum Gasteiger partial charge on any atom is -0.398 e. The van der Waals surface area contributed by atoms with E-state index in [1.165, 1.54) is 10.4 Å². The van der Waals surface area contributed by atoms with Crippen LogP contribution in [-0.2, 0) is 6.54 Å². The molecule has 2 rings (SSSR count). The minimum atomic E-state index is -0.183. The normalized spacial score (nSPS) is 10.5. The first-order valence-electron chi connectivity index (χ1n) is 5.86. The third kappa shape index (κ3) is 3.28. The van der Waals surface area contributed by atoms with E-state index in [1.807, 2.05) is 0 Å². The summed E-state index contributed by atoms with van der Waals surface area (Å²) < 4.78 is 0. The monoisotopic (exact) mass is 294 g/mol. The van der Waals surface area contributed by atoms with Crippen LogP contribution in [0.1, 0.15) is 25.7 Å². The second kappa shape index (κ2) is 5.63. The van der Waals surface area contributed by atoms with Crippen LogP contribution in [0.2, 0.25) is 5.02 Å². The van der Waals surface area contributed by atoms with Crippen LogP contribution in [0.3, 0.4) is 0 Å². The fourth-order valence-corrected chi connectivity index (χ4v) is 2.91. The number of nitrogens with one attached hydrogen (secondary N) is 1. The first-order valence-corrected chi connectivity index (χ1v) is 7.06. The zero-order chi connectivity index (χ0) is 14.0. The standard InChI is InChI=1S/C14H15ClN2OS/c1-8-5-11(19-9(8)2)7-17-14(18)12-4-3-10(15)6-13(12)16/h3-6H,7,16H2,1-2H3,(H,17,18). The van der Waals surface area contributed by atoms with Crippen molar-refractivity contribution in [3.63, 3.8) is 0 Å². The maximum atomic E-state index is 12.0. The summed E-state index contributed by atoms with van der Waals surface area (Å²) in [5.41, 5.74) is 7.87. The van der Waals surface area contributed by atoms with E-state index in [0.29, 0.717) is 22.8 Å². The van der Waals surface area contributed by atoms with E-state index in [1.54, 1.807) is 29.5 Å². The Morgan fingerprint density at radius 3 is 2.68 bits per heavy atom. The van der Waals surface area contributed by atoms with Crippen molar-refractivity contribution < 1.29 is 4.79 Å². The van der Waals surface area contributed by atoms with Gasteiger partial charge in [-0.3, -0.25) is 4.79 Å². The van der Waals surface area contributed by atoms with Crippen LogP contribution in [-0.4, -0.2) is 5.91 Å². The number of thiophene rings is 1. The van der Waals surface area contributed by atoms with E-state index >= 15 is 0 Å². The molecule has 100 valence electrons. The van der Waals surface area contributed by atoms with Crippen molar-refractivity contribution in [3.8, 4) is 0 Å². The van der Waals surface area contributed by atoms with E-state index in [9.17, 15) is 4.79 Å². The van der Waals surface area contributed by atoms with Gasteiger partial charge in [0.05, 0.1) is 12.1 Å². The van der Waals surface area contributed by atoms with Gasteiger partial charge in [-0.15, -0.1) is 11.3 Å². The second-order valence-electron chi connectivity index (χ2n) is 4.37. The van der Waals surface area contributed by atoms with Crippen molar-refractivity contribution in [2.24, 2.45) is 0 Å². The number of nitrogen functional groups attached to an aromatic ring is 1. The quantitative estimate of drug-likeness (QED) is 0.851. The lowest BCUT2D eigenvalue weighted by atomic mass is 10.1. The molecule has 0 aliphatic heterocycles. The molecule has 5 heteroatoms. The van der Waals surface area contributed by atoms with Gasteiger partial charge >= 0.3 is 0 Å². The van der Waals surface area contributed by atoms with Crippen LogP contribution in [0.5, 0.6) is 0 Å². The van der Waals surface area contributed by atoms with Gasteiger partial charge in [-0.1, -0.05) is 11.6 Å². The van der Waals surface area contributed by atoms with Crippen LogP contribution in [0.25, 0.3) is 0 Å². The minimum absolute atomic E-state index is 0.183. The Kier molecular flexibility index (Phi) is 4.12. The average Bonchev–Trinajstić information content (AvgIpc) is 2.66. The molecule has 3 nitrogen and oxygen atoms in total. The zero-order valence-corrected chi connectivity index (χ0v) is 12.4. The van der Waals surface area contributed by atoms with E-state index < -0.39 is 0 Å². The predicted octanol–water partition coefficient (Wildman–Crippen LogP) is 3.53. The van der Waals surface area contributed by atoms with Gasteiger partial charge in [0.1, 0.15) is 0 Å². The van der Waals surface area contributed by atoms with Crippen LogP contribution in [0, 0.1) is 13.8 Å². The molecule has 1 amide bonds. The number of amides is 1. The van der Waals surface area contributed by atoms with Gasteiger partial charge < -0.3 is 11.1 Å². The summed E-state index contributed by atoms with van der Waals surface area (Å²) in [4.78, 5) is 14.4. The maximum Gasteiger partial charge on any atom is 0.253 e. The summed E-state index contributed by atoms with van der Waals surface area (Å²) in [5.74, 6) is -0.183. The van der Waals surface area contributed by atoms with Crippen molar-refractivity contribution in [1.82, 2.24) is 5.32 Å². The van der Waals surface area contributed by atoms with Crippen molar-refractivity contribution >= 4 is 34.5 Å². The van der Waals surface area contributed by atoms with Gasteiger partial charge in [0.2, 0.25) is 0 Å². The van der Waals surface area contributed by atoms with E-state index in [4.69, 9.17) is 17.3 Å². The fraction of sp³-hybridized carbons (Fsp3) is 0.214. The highest BCUT2D eigenvalue weighted by atomic mass is 35.5. The van der Waals surface area contributed by atoms with Gasteiger partial charge in [0.15, 0.2) is 0 Å². The lowest BCUT2D eigenvalue weighted by Gasteiger charge is -2.06. The first kappa shape index (κ1) is 13.9. The molecule has 0 saturated carbocycles. The highest BCUT2D eigenvalue weighted by Gasteiger charge is 2.10. The smallest absolute Gasteiger partial charge is 0.253 e. The number of anilines is 1. The SMILES string of the molecule is Cc1cc(CNC(=O)c2ccc(Cl)cc2N)sc1C. The van der Waals surface area contributed by atoms with Crippen LogP contribution in [0.15, 0.2) is 24.3 Å². The number of hydrogen-bond donors (Lipinski definition) is 2. The molecule has 1 aromatic heterocycles. The molecule has 0 aliphatic carbocycles. The summed E-state index contributed by atoms with van der Waals surface area (Å²) in [7, 11) is 0. The molecule has 2 aromatic rings. The van der Waals surface area contributed by atoms with E-state index in [0.717, 1.165) is 4.88 Å². The molecule has 0 bridgehead atoms. The van der Waals surface area contributed by atoms with Gasteiger partial charge in [-0.25, -0.2) is 0 Å². The molecule has 0 saturated heterocycles. The topological polar surface area (TPSA) is 55.1 Å². The Morgan fingerprint density at radius 1 is 1.37 bits per heavy atom. The fourth-order valence-electron chi connectivity index (χ4n) is 1.74. The number of halogens is 1. The van der Waals surface area contributed by atoms with Gasteiger partial charge in [-0.2, -0.15) is 0 Å². The number of aryl methyl sites for hydroxylation is 2. The lowest BCUT2D eigenvalue weighted by molar-refractivity contribution is 0.0952. The Hall–Kier alpha value is -1.52.